The number of aliphatic hydroxyl groups excluding tert-OH is 3. The normalized spacial score (nSPS) is 42.0. The summed E-state index contributed by atoms with van der Waals surface area (Å²) < 4.78 is 0. The van der Waals surface area contributed by atoms with Gasteiger partial charge in [-0.05, 0) is 61.9 Å². The van der Waals surface area contributed by atoms with Crippen molar-refractivity contribution in [3.63, 3.8) is 0 Å². The molecule has 25 heavy (non-hydrogen) atoms. The van der Waals surface area contributed by atoms with Crippen molar-refractivity contribution in [3.8, 4) is 0 Å². The molecule has 3 aliphatic carbocycles. The van der Waals surface area contributed by atoms with E-state index in [1.54, 1.807) is 0 Å². The lowest BCUT2D eigenvalue weighted by Gasteiger charge is -2.43. The Kier molecular flexibility index (Phi) is 5.33. The molecular formula is C21H30O4. The molecule has 0 spiro atoms. The van der Waals surface area contributed by atoms with E-state index in [4.69, 9.17) is 0 Å². The van der Waals surface area contributed by atoms with Gasteiger partial charge in [0.15, 0.2) is 5.78 Å². The number of hydrogen-bond acceptors (Lipinski definition) is 4. The number of Topliss-reactive ketones (excluding diaryl/α,β-unsaturated/α-hetero) is 1. The van der Waals surface area contributed by atoms with E-state index in [-0.39, 0.29) is 29.1 Å². The van der Waals surface area contributed by atoms with Crippen molar-refractivity contribution in [3.05, 3.63) is 35.5 Å². The van der Waals surface area contributed by atoms with Crippen LogP contribution in [0.5, 0.6) is 0 Å². The lowest BCUT2D eigenvalue weighted by Crippen LogP contribution is -2.42. The van der Waals surface area contributed by atoms with Crippen LogP contribution in [0.25, 0.3) is 0 Å². The molecule has 0 unspecified atom stereocenters. The Morgan fingerprint density at radius 1 is 1.20 bits per heavy atom. The number of fused-ring (bicyclic) bond motifs is 1. The topological polar surface area (TPSA) is 77.8 Å². The van der Waals surface area contributed by atoms with Gasteiger partial charge in [-0.2, -0.15) is 0 Å². The fraction of sp³-hybridized carbons (Fsp3) is 0.667. The largest absolute Gasteiger partial charge is 0.393 e. The Balaban J connectivity index is 1.87. The second kappa shape index (κ2) is 7.18. The summed E-state index contributed by atoms with van der Waals surface area (Å²) in [5.41, 5.74) is 3.09. The minimum Gasteiger partial charge on any atom is -0.393 e. The quantitative estimate of drug-likeness (QED) is 0.734. The van der Waals surface area contributed by atoms with Crippen LogP contribution in [0, 0.1) is 17.3 Å². The fourth-order valence-corrected chi connectivity index (χ4v) is 5.34. The number of rotatable bonds is 3. The van der Waals surface area contributed by atoms with Gasteiger partial charge < -0.3 is 15.3 Å². The molecule has 0 heterocycles. The molecular weight excluding hydrogens is 316 g/mol. The van der Waals surface area contributed by atoms with Crippen LogP contribution >= 0.6 is 0 Å². The third-order valence-electron chi connectivity index (χ3n) is 6.66. The molecule has 3 aliphatic rings. The second-order valence-electron chi connectivity index (χ2n) is 8.31. The maximum Gasteiger partial charge on any atom is 0.161 e. The Hall–Kier alpha value is -1.23. The van der Waals surface area contributed by atoms with E-state index in [2.05, 4.69) is 25.7 Å². The highest BCUT2D eigenvalue weighted by atomic mass is 16.3. The number of carbonyl (C=O) groups is 1. The average Bonchev–Trinajstić information content (AvgIpc) is 2.91. The van der Waals surface area contributed by atoms with Crippen LogP contribution in [0.1, 0.15) is 51.9 Å². The molecule has 3 saturated carbocycles. The maximum atomic E-state index is 12.2. The molecule has 0 bridgehead atoms. The molecule has 3 N–H and O–H groups in total. The highest BCUT2D eigenvalue weighted by Gasteiger charge is 2.53. The van der Waals surface area contributed by atoms with Crippen molar-refractivity contribution in [2.24, 2.45) is 17.3 Å². The van der Waals surface area contributed by atoms with Gasteiger partial charge in [0.25, 0.3) is 0 Å². The summed E-state index contributed by atoms with van der Waals surface area (Å²) in [7, 11) is 0. The molecule has 0 aromatic rings. The van der Waals surface area contributed by atoms with Crippen molar-refractivity contribution < 1.29 is 20.1 Å². The monoisotopic (exact) mass is 346 g/mol. The van der Waals surface area contributed by atoms with E-state index in [0.29, 0.717) is 19.3 Å². The first-order valence-corrected chi connectivity index (χ1v) is 9.42. The molecule has 138 valence electrons. The minimum absolute atomic E-state index is 0.0967. The number of ketones is 1. The van der Waals surface area contributed by atoms with Gasteiger partial charge in [-0.15, -0.1) is 0 Å². The maximum absolute atomic E-state index is 12.2. The lowest BCUT2D eigenvalue weighted by molar-refractivity contribution is -0.130. The molecule has 4 nitrogen and oxygen atoms in total. The summed E-state index contributed by atoms with van der Waals surface area (Å²) >= 11 is 0. The van der Waals surface area contributed by atoms with Crippen LogP contribution in [0.2, 0.25) is 0 Å². The van der Waals surface area contributed by atoms with Gasteiger partial charge in [0.1, 0.15) is 6.61 Å². The van der Waals surface area contributed by atoms with Crippen LogP contribution in [0.3, 0.4) is 0 Å². The molecule has 0 aliphatic heterocycles. The first kappa shape index (κ1) is 18.6. The molecule has 0 aromatic carbocycles. The third kappa shape index (κ3) is 3.53. The summed E-state index contributed by atoms with van der Waals surface area (Å²) in [6.45, 7) is 5.78. The first-order chi connectivity index (χ1) is 11.8. The number of hydrogen-bond donors (Lipinski definition) is 3. The second-order valence-corrected chi connectivity index (χ2v) is 8.31. The predicted octanol–water partition coefficient (Wildman–Crippen LogP) is 2.69. The molecule has 5 atom stereocenters. The number of aliphatic hydroxyl groups is 3. The Bertz CT molecular complexity index is 617. The van der Waals surface area contributed by atoms with Gasteiger partial charge in [0, 0.05) is 5.92 Å². The van der Waals surface area contributed by atoms with Gasteiger partial charge in [-0.25, -0.2) is 0 Å². The zero-order valence-corrected chi connectivity index (χ0v) is 15.1. The smallest absolute Gasteiger partial charge is 0.161 e. The molecule has 4 heteroatoms. The van der Waals surface area contributed by atoms with Crippen LogP contribution in [-0.2, 0) is 4.79 Å². The van der Waals surface area contributed by atoms with E-state index < -0.39 is 12.7 Å². The zero-order chi connectivity index (χ0) is 18.2. The van der Waals surface area contributed by atoms with Gasteiger partial charge in [-0.3, -0.25) is 4.79 Å². The standard InChI is InChI=1S/C21H30O4/c1-13-3-6-16(23)9-14(13)4-5-15-10-17(24)11-21(2)18(15)7-8-19(21)20(25)12-22/h4-5,16-19,22-24H,1,3,6-12H2,2H3/b14-4-,15-5+/t16-,17+,18+,19-,21+/m1/s1. The van der Waals surface area contributed by atoms with E-state index in [1.165, 1.54) is 5.57 Å². The van der Waals surface area contributed by atoms with Crippen molar-refractivity contribution in [2.75, 3.05) is 6.61 Å². The highest BCUT2D eigenvalue weighted by molar-refractivity contribution is 5.83. The summed E-state index contributed by atoms with van der Waals surface area (Å²) in [5.74, 6) is 0.00980. The molecule has 3 rings (SSSR count). The minimum atomic E-state index is -0.446. The van der Waals surface area contributed by atoms with Crippen molar-refractivity contribution in [2.45, 2.75) is 64.1 Å². The van der Waals surface area contributed by atoms with E-state index in [0.717, 1.165) is 36.8 Å². The SMILES string of the molecule is C=C1CC[C@@H](O)C/C1=C/C=C1\C[C@H](O)C[C@]2(C)[C@@H](C(=O)CO)CC[C@@H]12. The van der Waals surface area contributed by atoms with E-state index >= 15 is 0 Å². The third-order valence-corrected chi connectivity index (χ3v) is 6.66. The molecule has 0 radical (unpaired) electrons. The zero-order valence-electron chi connectivity index (χ0n) is 15.1. The fourth-order valence-electron chi connectivity index (χ4n) is 5.34. The van der Waals surface area contributed by atoms with E-state index in [1.807, 2.05) is 0 Å². The van der Waals surface area contributed by atoms with Gasteiger partial charge in [0.2, 0.25) is 0 Å². The summed E-state index contributed by atoms with van der Waals surface area (Å²) in [6.07, 6.45) is 8.61. The van der Waals surface area contributed by atoms with Crippen molar-refractivity contribution >= 4 is 5.78 Å². The average molecular weight is 346 g/mol. The van der Waals surface area contributed by atoms with Crippen molar-refractivity contribution in [1.82, 2.24) is 0 Å². The molecule has 0 amide bonds. The number of carbonyl (C=O) groups excluding carboxylic acids is 1. The van der Waals surface area contributed by atoms with Crippen molar-refractivity contribution in [1.29, 1.82) is 0 Å². The summed E-state index contributed by atoms with van der Waals surface area (Å²) in [6, 6.07) is 0. The van der Waals surface area contributed by atoms with Gasteiger partial charge in [0.05, 0.1) is 12.2 Å². The summed E-state index contributed by atoms with van der Waals surface area (Å²) in [5, 5.41) is 29.6. The van der Waals surface area contributed by atoms with Gasteiger partial charge in [-0.1, -0.05) is 36.8 Å². The van der Waals surface area contributed by atoms with Crippen LogP contribution in [0.4, 0.5) is 0 Å². The lowest BCUT2D eigenvalue weighted by atomic mass is 9.62. The van der Waals surface area contributed by atoms with Crippen LogP contribution in [0.15, 0.2) is 35.5 Å². The molecule has 0 saturated heterocycles. The van der Waals surface area contributed by atoms with Crippen LogP contribution < -0.4 is 0 Å². The first-order valence-electron chi connectivity index (χ1n) is 9.42. The predicted molar refractivity (Wildman–Crippen MR) is 96.8 cm³/mol. The molecule has 3 fully saturated rings. The Morgan fingerprint density at radius 3 is 2.68 bits per heavy atom. The Labute approximate surface area is 149 Å². The van der Waals surface area contributed by atoms with E-state index in [9.17, 15) is 20.1 Å². The Morgan fingerprint density at radius 2 is 1.96 bits per heavy atom. The highest BCUT2D eigenvalue weighted by Crippen LogP contribution is 2.57. The number of allylic oxidation sites excluding steroid dienone is 3. The molecule has 0 aromatic heterocycles. The summed E-state index contributed by atoms with van der Waals surface area (Å²) in [4.78, 5) is 12.2. The van der Waals surface area contributed by atoms with Crippen LogP contribution in [-0.4, -0.2) is 39.9 Å². The van der Waals surface area contributed by atoms with Gasteiger partial charge >= 0.3 is 0 Å².